The first kappa shape index (κ1) is 20.3. The summed E-state index contributed by atoms with van der Waals surface area (Å²) in [5, 5.41) is 0. The fraction of sp³-hybridized carbons (Fsp3) is 0.579. The first-order chi connectivity index (χ1) is 9.13. The summed E-state index contributed by atoms with van der Waals surface area (Å²) < 4.78 is 0. The number of rotatable bonds is 5. The van der Waals surface area contributed by atoms with Crippen molar-refractivity contribution in [3.8, 4) is 0 Å². The summed E-state index contributed by atoms with van der Waals surface area (Å²) in [5.41, 5.74) is 2.47. The molecular formula is C19H34. The summed E-state index contributed by atoms with van der Waals surface area (Å²) in [5.74, 6) is 0.954. The minimum atomic E-state index is 0.954. The molecule has 1 aromatic rings. The molecule has 0 saturated carbocycles. The minimum absolute atomic E-state index is 0.954. The first-order valence-electron chi connectivity index (χ1n) is 7.83. The van der Waals surface area contributed by atoms with E-state index in [9.17, 15) is 0 Å². The van der Waals surface area contributed by atoms with Gasteiger partial charge in [0.05, 0.1) is 0 Å². The van der Waals surface area contributed by atoms with Crippen LogP contribution in [0.2, 0.25) is 0 Å². The van der Waals surface area contributed by atoms with Crippen LogP contribution < -0.4 is 0 Å². The summed E-state index contributed by atoms with van der Waals surface area (Å²) in [6, 6.07) is 8.28. The number of unbranched alkanes of at least 4 members (excludes halogenated alkanes) is 1. The molecule has 1 rings (SSSR count). The molecule has 0 spiro atoms. The molecule has 0 aromatic heterocycles. The van der Waals surface area contributed by atoms with Crippen LogP contribution in [0, 0.1) is 12.8 Å². The SMILES string of the molecule is C=Cc1ccc(C)cc1.CC.CCCCC(C)CC. The second-order valence-electron chi connectivity index (χ2n) is 4.77. The van der Waals surface area contributed by atoms with Gasteiger partial charge in [-0.1, -0.05) is 103 Å². The van der Waals surface area contributed by atoms with Crippen LogP contribution in [0.1, 0.15) is 71.4 Å². The number of hydrogen-bond donors (Lipinski definition) is 0. The van der Waals surface area contributed by atoms with Gasteiger partial charge in [0.1, 0.15) is 0 Å². The molecule has 1 aromatic carbocycles. The highest BCUT2D eigenvalue weighted by molar-refractivity contribution is 5.46. The lowest BCUT2D eigenvalue weighted by Crippen LogP contribution is -1.89. The molecule has 0 fully saturated rings. The predicted molar refractivity (Wildman–Crippen MR) is 91.6 cm³/mol. The van der Waals surface area contributed by atoms with Crippen LogP contribution in [-0.4, -0.2) is 0 Å². The number of aryl methyl sites for hydroxylation is 1. The standard InChI is InChI=1S/C9H10.C8H18.C2H6/c1-3-9-6-4-8(2)5-7-9;1-4-6-7-8(3)5-2;1-2/h3-7H,1H2,2H3;8H,4-7H2,1-3H3;1-2H3. The molecule has 0 heterocycles. The fourth-order valence-electron chi connectivity index (χ4n) is 1.46. The van der Waals surface area contributed by atoms with Crippen molar-refractivity contribution in [2.24, 2.45) is 5.92 Å². The van der Waals surface area contributed by atoms with Crippen molar-refractivity contribution in [2.75, 3.05) is 0 Å². The van der Waals surface area contributed by atoms with Crippen LogP contribution in [0.5, 0.6) is 0 Å². The topological polar surface area (TPSA) is 0 Å². The summed E-state index contributed by atoms with van der Waals surface area (Å²) in [4.78, 5) is 0. The van der Waals surface area contributed by atoms with Gasteiger partial charge in [-0.3, -0.25) is 0 Å². The van der Waals surface area contributed by atoms with E-state index in [0.717, 1.165) is 5.92 Å². The predicted octanol–water partition coefficient (Wildman–Crippen LogP) is 6.89. The second kappa shape index (κ2) is 15.0. The lowest BCUT2D eigenvalue weighted by molar-refractivity contribution is 0.492. The summed E-state index contributed by atoms with van der Waals surface area (Å²) in [7, 11) is 0. The third kappa shape index (κ3) is 13.2. The van der Waals surface area contributed by atoms with Crippen LogP contribution in [0.3, 0.4) is 0 Å². The molecule has 0 saturated heterocycles. The lowest BCUT2D eigenvalue weighted by Gasteiger charge is -2.04. The van der Waals surface area contributed by atoms with E-state index >= 15 is 0 Å². The molecule has 0 aliphatic heterocycles. The Morgan fingerprint density at radius 2 is 1.63 bits per heavy atom. The van der Waals surface area contributed by atoms with Crippen molar-refractivity contribution in [3.05, 3.63) is 42.0 Å². The highest BCUT2D eigenvalue weighted by Crippen LogP contribution is 2.09. The molecule has 0 radical (unpaired) electrons. The minimum Gasteiger partial charge on any atom is -0.0985 e. The molecular weight excluding hydrogens is 228 g/mol. The molecule has 0 bridgehead atoms. The van der Waals surface area contributed by atoms with E-state index in [2.05, 4.69) is 58.5 Å². The van der Waals surface area contributed by atoms with Crippen molar-refractivity contribution in [1.29, 1.82) is 0 Å². The smallest absolute Gasteiger partial charge is 0.0262 e. The molecule has 1 unspecified atom stereocenters. The van der Waals surface area contributed by atoms with E-state index < -0.39 is 0 Å². The average Bonchev–Trinajstić information content (AvgIpc) is 2.48. The Balaban J connectivity index is 0. The Morgan fingerprint density at radius 1 is 1.11 bits per heavy atom. The van der Waals surface area contributed by atoms with Crippen molar-refractivity contribution in [3.63, 3.8) is 0 Å². The zero-order valence-corrected chi connectivity index (χ0v) is 14.0. The molecule has 0 aliphatic rings. The highest BCUT2D eigenvalue weighted by Gasteiger charge is 1.94. The van der Waals surface area contributed by atoms with Gasteiger partial charge in [0.25, 0.3) is 0 Å². The van der Waals surface area contributed by atoms with Gasteiger partial charge in [-0.15, -0.1) is 0 Å². The fourth-order valence-corrected chi connectivity index (χ4v) is 1.46. The van der Waals surface area contributed by atoms with Crippen LogP contribution in [0.15, 0.2) is 30.8 Å². The van der Waals surface area contributed by atoms with Gasteiger partial charge < -0.3 is 0 Å². The van der Waals surface area contributed by atoms with Gasteiger partial charge in [0.2, 0.25) is 0 Å². The quantitative estimate of drug-likeness (QED) is 0.542. The summed E-state index contributed by atoms with van der Waals surface area (Å²) in [6.07, 6.45) is 7.38. The zero-order valence-electron chi connectivity index (χ0n) is 14.0. The van der Waals surface area contributed by atoms with Crippen molar-refractivity contribution >= 4 is 6.08 Å². The third-order valence-corrected chi connectivity index (χ3v) is 3.06. The molecule has 19 heavy (non-hydrogen) atoms. The van der Waals surface area contributed by atoms with Gasteiger partial charge in [0, 0.05) is 0 Å². The normalized spacial score (nSPS) is 10.4. The first-order valence-corrected chi connectivity index (χ1v) is 7.83. The molecule has 0 N–H and O–H groups in total. The molecule has 0 nitrogen and oxygen atoms in total. The maximum atomic E-state index is 3.66. The van der Waals surface area contributed by atoms with E-state index in [1.807, 2.05) is 19.9 Å². The maximum absolute atomic E-state index is 3.66. The second-order valence-corrected chi connectivity index (χ2v) is 4.77. The van der Waals surface area contributed by atoms with Crippen LogP contribution in [-0.2, 0) is 0 Å². The molecule has 0 heteroatoms. The molecule has 1 atom stereocenters. The summed E-state index contributed by atoms with van der Waals surface area (Å²) >= 11 is 0. The van der Waals surface area contributed by atoms with Crippen molar-refractivity contribution in [1.82, 2.24) is 0 Å². The number of hydrogen-bond acceptors (Lipinski definition) is 0. The number of benzene rings is 1. The third-order valence-electron chi connectivity index (χ3n) is 3.06. The van der Waals surface area contributed by atoms with Gasteiger partial charge in [-0.25, -0.2) is 0 Å². The van der Waals surface area contributed by atoms with Crippen LogP contribution in [0.25, 0.3) is 6.08 Å². The average molecular weight is 262 g/mol. The van der Waals surface area contributed by atoms with Gasteiger partial charge in [-0.2, -0.15) is 0 Å². The van der Waals surface area contributed by atoms with E-state index in [-0.39, 0.29) is 0 Å². The van der Waals surface area contributed by atoms with Crippen molar-refractivity contribution in [2.45, 2.75) is 67.2 Å². The van der Waals surface area contributed by atoms with Crippen LogP contribution in [0.4, 0.5) is 0 Å². The van der Waals surface area contributed by atoms with Crippen molar-refractivity contribution < 1.29 is 0 Å². The van der Waals surface area contributed by atoms with Gasteiger partial charge in [-0.05, 0) is 18.4 Å². The Kier molecular flexibility index (Phi) is 16.0. The summed E-state index contributed by atoms with van der Waals surface area (Å²) in [6.45, 7) is 16.6. The van der Waals surface area contributed by atoms with E-state index in [1.165, 1.54) is 36.8 Å². The molecule has 0 aliphatic carbocycles. The largest absolute Gasteiger partial charge is 0.0985 e. The maximum Gasteiger partial charge on any atom is -0.0262 e. The van der Waals surface area contributed by atoms with E-state index in [4.69, 9.17) is 0 Å². The Labute approximate surface area is 121 Å². The zero-order chi connectivity index (χ0) is 15.1. The molecule has 0 amide bonds. The Hall–Kier alpha value is -1.04. The lowest BCUT2D eigenvalue weighted by atomic mass is 10.0. The highest BCUT2D eigenvalue weighted by atomic mass is 14.0. The monoisotopic (exact) mass is 262 g/mol. The van der Waals surface area contributed by atoms with Gasteiger partial charge >= 0.3 is 0 Å². The van der Waals surface area contributed by atoms with Gasteiger partial charge in [0.15, 0.2) is 0 Å². The molecule has 110 valence electrons. The van der Waals surface area contributed by atoms with Crippen LogP contribution >= 0.6 is 0 Å². The Morgan fingerprint density at radius 3 is 2.00 bits per heavy atom. The van der Waals surface area contributed by atoms with E-state index in [1.54, 1.807) is 0 Å². The van der Waals surface area contributed by atoms with E-state index in [0.29, 0.717) is 0 Å². The Bertz CT molecular complexity index is 281.